The van der Waals surface area contributed by atoms with E-state index in [1.807, 2.05) is 6.92 Å². The zero-order valence-corrected chi connectivity index (χ0v) is 7.78. The van der Waals surface area contributed by atoms with Crippen LogP contribution < -0.4 is 0 Å². The van der Waals surface area contributed by atoms with Gasteiger partial charge in [-0.1, -0.05) is 11.7 Å². The molecule has 0 unspecified atom stereocenters. The maximum atomic E-state index is 11.1. The topological polar surface area (TPSA) is 46.3 Å². The number of nitrogens with zero attached hydrogens (tertiary/aromatic N) is 2. The van der Waals surface area contributed by atoms with Crippen molar-refractivity contribution in [2.45, 2.75) is 13.5 Å². The fourth-order valence-electron chi connectivity index (χ4n) is 0.969. The zero-order chi connectivity index (χ0) is 9.84. The molecule has 0 aliphatic rings. The van der Waals surface area contributed by atoms with Crippen LogP contribution in [0.3, 0.4) is 0 Å². The summed E-state index contributed by atoms with van der Waals surface area (Å²) in [7, 11) is 1.69. The molecule has 4 heteroatoms. The predicted molar refractivity (Wildman–Crippen MR) is 47.9 cm³/mol. The fourth-order valence-corrected chi connectivity index (χ4v) is 0.969. The second-order valence-corrected chi connectivity index (χ2v) is 2.83. The number of rotatable bonds is 3. The van der Waals surface area contributed by atoms with E-state index in [1.165, 1.54) is 11.0 Å². The van der Waals surface area contributed by atoms with Crippen LogP contribution in [0.4, 0.5) is 0 Å². The molecule has 13 heavy (non-hydrogen) atoms. The third-order valence-corrected chi connectivity index (χ3v) is 1.63. The van der Waals surface area contributed by atoms with E-state index in [0.29, 0.717) is 6.54 Å². The average Bonchev–Trinajstić information content (AvgIpc) is 2.49. The normalized spacial score (nSPS) is 9.69. The van der Waals surface area contributed by atoms with E-state index >= 15 is 0 Å². The van der Waals surface area contributed by atoms with E-state index in [1.54, 1.807) is 13.1 Å². The van der Waals surface area contributed by atoms with Crippen molar-refractivity contribution < 1.29 is 9.32 Å². The van der Waals surface area contributed by atoms with Crippen LogP contribution in [-0.4, -0.2) is 23.0 Å². The van der Waals surface area contributed by atoms with Crippen LogP contribution in [0.2, 0.25) is 0 Å². The molecular weight excluding hydrogens is 168 g/mol. The molecule has 0 fully saturated rings. The Morgan fingerprint density at radius 2 is 2.54 bits per heavy atom. The number of aryl methyl sites for hydroxylation is 1. The minimum atomic E-state index is -0.124. The third kappa shape index (κ3) is 2.43. The first-order valence-electron chi connectivity index (χ1n) is 3.93. The second kappa shape index (κ2) is 3.89. The lowest BCUT2D eigenvalue weighted by atomic mass is 10.3. The van der Waals surface area contributed by atoms with Crippen LogP contribution >= 0.6 is 0 Å². The minimum Gasteiger partial charge on any atom is -0.361 e. The smallest absolute Gasteiger partial charge is 0.246 e. The average molecular weight is 180 g/mol. The van der Waals surface area contributed by atoms with E-state index in [4.69, 9.17) is 4.52 Å². The quantitative estimate of drug-likeness (QED) is 0.655. The first-order valence-corrected chi connectivity index (χ1v) is 3.93. The molecule has 0 saturated heterocycles. The van der Waals surface area contributed by atoms with Crippen molar-refractivity contribution in [2.75, 3.05) is 7.05 Å². The number of hydrogen-bond acceptors (Lipinski definition) is 3. The Balaban J connectivity index is 2.59. The van der Waals surface area contributed by atoms with Gasteiger partial charge >= 0.3 is 0 Å². The molecule has 1 aromatic rings. The van der Waals surface area contributed by atoms with Crippen molar-refractivity contribution in [1.82, 2.24) is 10.1 Å². The lowest BCUT2D eigenvalue weighted by molar-refractivity contribution is -0.125. The Morgan fingerprint density at radius 1 is 1.85 bits per heavy atom. The molecule has 0 N–H and O–H groups in total. The minimum absolute atomic E-state index is 0.124. The Hall–Kier alpha value is -1.58. The van der Waals surface area contributed by atoms with Gasteiger partial charge in [-0.2, -0.15) is 0 Å². The standard InChI is InChI=1S/C9H12N2O2/c1-4-9(12)11(3)6-8-5-7(2)13-10-8/h4-5H,1,6H2,2-3H3. The predicted octanol–water partition coefficient (Wildman–Crippen LogP) is 1.13. The summed E-state index contributed by atoms with van der Waals surface area (Å²) in [5.41, 5.74) is 0.746. The first kappa shape index (κ1) is 9.51. The largest absolute Gasteiger partial charge is 0.361 e. The van der Waals surface area contributed by atoms with Gasteiger partial charge in [-0.3, -0.25) is 4.79 Å². The molecule has 70 valence electrons. The number of likely N-dealkylation sites (N-methyl/N-ethyl adjacent to an activating group) is 1. The lowest BCUT2D eigenvalue weighted by Gasteiger charge is -2.11. The number of carbonyl (C=O) groups excluding carboxylic acids is 1. The fraction of sp³-hybridized carbons (Fsp3) is 0.333. The van der Waals surface area contributed by atoms with E-state index in [2.05, 4.69) is 11.7 Å². The molecule has 0 aliphatic heterocycles. The van der Waals surface area contributed by atoms with Gasteiger partial charge < -0.3 is 9.42 Å². The van der Waals surface area contributed by atoms with Gasteiger partial charge in [0.15, 0.2) is 0 Å². The number of aromatic nitrogens is 1. The highest BCUT2D eigenvalue weighted by molar-refractivity contribution is 5.86. The molecule has 1 rings (SSSR count). The highest BCUT2D eigenvalue weighted by atomic mass is 16.5. The molecule has 0 aliphatic carbocycles. The molecule has 4 nitrogen and oxygen atoms in total. The van der Waals surface area contributed by atoms with Crippen LogP contribution in [0.25, 0.3) is 0 Å². The van der Waals surface area contributed by atoms with Crippen LogP contribution in [0.5, 0.6) is 0 Å². The van der Waals surface area contributed by atoms with Gasteiger partial charge in [-0.25, -0.2) is 0 Å². The summed E-state index contributed by atoms with van der Waals surface area (Å²) < 4.78 is 4.86. The molecule has 0 atom stereocenters. The van der Waals surface area contributed by atoms with Gasteiger partial charge in [0.05, 0.1) is 6.54 Å². The molecule has 1 amide bonds. The van der Waals surface area contributed by atoms with E-state index in [-0.39, 0.29) is 5.91 Å². The Morgan fingerprint density at radius 3 is 3.00 bits per heavy atom. The van der Waals surface area contributed by atoms with Crippen LogP contribution in [0.1, 0.15) is 11.5 Å². The summed E-state index contributed by atoms with van der Waals surface area (Å²) in [6.45, 7) is 5.65. The maximum Gasteiger partial charge on any atom is 0.246 e. The molecule has 0 spiro atoms. The summed E-state index contributed by atoms with van der Waals surface area (Å²) in [5, 5.41) is 3.77. The van der Waals surface area contributed by atoms with Crippen molar-refractivity contribution in [3.8, 4) is 0 Å². The number of amides is 1. The van der Waals surface area contributed by atoms with E-state index in [9.17, 15) is 4.79 Å². The van der Waals surface area contributed by atoms with Crippen molar-refractivity contribution in [2.24, 2.45) is 0 Å². The SMILES string of the molecule is C=CC(=O)N(C)Cc1cc(C)on1. The van der Waals surface area contributed by atoms with Gasteiger partial charge in [0.2, 0.25) is 5.91 Å². The van der Waals surface area contributed by atoms with Gasteiger partial charge in [0, 0.05) is 13.1 Å². The van der Waals surface area contributed by atoms with Crippen LogP contribution in [0, 0.1) is 6.92 Å². The van der Waals surface area contributed by atoms with Crippen molar-refractivity contribution in [3.05, 3.63) is 30.2 Å². The van der Waals surface area contributed by atoms with Crippen molar-refractivity contribution in [3.63, 3.8) is 0 Å². The number of carbonyl (C=O) groups is 1. The Labute approximate surface area is 76.8 Å². The van der Waals surface area contributed by atoms with Crippen molar-refractivity contribution >= 4 is 5.91 Å². The van der Waals surface area contributed by atoms with Gasteiger partial charge in [0.1, 0.15) is 11.5 Å². The molecule has 0 saturated carbocycles. The lowest BCUT2D eigenvalue weighted by Crippen LogP contribution is -2.23. The first-order chi connectivity index (χ1) is 6.13. The molecule has 1 heterocycles. The highest BCUT2D eigenvalue weighted by Gasteiger charge is 2.07. The van der Waals surface area contributed by atoms with E-state index in [0.717, 1.165) is 11.5 Å². The maximum absolute atomic E-state index is 11.1. The van der Waals surface area contributed by atoms with E-state index < -0.39 is 0 Å². The van der Waals surface area contributed by atoms with Crippen molar-refractivity contribution in [1.29, 1.82) is 0 Å². The Bertz CT molecular complexity index is 317. The van der Waals surface area contributed by atoms with Gasteiger partial charge in [0.25, 0.3) is 0 Å². The van der Waals surface area contributed by atoms with Gasteiger partial charge in [-0.15, -0.1) is 0 Å². The highest BCUT2D eigenvalue weighted by Crippen LogP contribution is 2.04. The Kier molecular flexibility index (Phi) is 2.84. The second-order valence-electron chi connectivity index (χ2n) is 2.83. The third-order valence-electron chi connectivity index (χ3n) is 1.63. The zero-order valence-electron chi connectivity index (χ0n) is 7.78. The van der Waals surface area contributed by atoms with Crippen LogP contribution in [0.15, 0.2) is 23.2 Å². The summed E-state index contributed by atoms with van der Waals surface area (Å²) in [5.74, 6) is 0.620. The summed E-state index contributed by atoms with van der Waals surface area (Å²) in [6, 6.07) is 1.80. The van der Waals surface area contributed by atoms with Gasteiger partial charge in [-0.05, 0) is 13.0 Å². The molecule has 0 bridgehead atoms. The molecule has 1 aromatic heterocycles. The monoisotopic (exact) mass is 180 g/mol. The molecule has 0 aromatic carbocycles. The summed E-state index contributed by atoms with van der Waals surface area (Å²) >= 11 is 0. The van der Waals surface area contributed by atoms with Crippen LogP contribution in [-0.2, 0) is 11.3 Å². The number of hydrogen-bond donors (Lipinski definition) is 0. The molecular formula is C9H12N2O2. The summed E-state index contributed by atoms with van der Waals surface area (Å²) in [4.78, 5) is 12.6. The molecule has 0 radical (unpaired) electrons. The summed E-state index contributed by atoms with van der Waals surface area (Å²) in [6.07, 6.45) is 1.27.